The highest BCUT2D eigenvalue weighted by atomic mass is 16.5. The van der Waals surface area contributed by atoms with Crippen molar-refractivity contribution in [2.24, 2.45) is 5.92 Å². The van der Waals surface area contributed by atoms with Crippen molar-refractivity contribution >= 4 is 0 Å². The van der Waals surface area contributed by atoms with Gasteiger partial charge in [0.15, 0.2) is 0 Å². The minimum Gasteiger partial charge on any atom is -0.496 e. The van der Waals surface area contributed by atoms with E-state index in [-0.39, 0.29) is 0 Å². The molecule has 2 rings (SSSR count). The van der Waals surface area contributed by atoms with Crippen LogP contribution in [0.5, 0.6) is 5.75 Å². The summed E-state index contributed by atoms with van der Waals surface area (Å²) in [5, 5.41) is 3.48. The summed E-state index contributed by atoms with van der Waals surface area (Å²) in [5.74, 6) is 1.84. The average molecular weight is 233 g/mol. The minimum absolute atomic E-state index is 0.802. The summed E-state index contributed by atoms with van der Waals surface area (Å²) in [7, 11) is 1.75. The first-order valence-corrected chi connectivity index (χ1v) is 6.55. The Morgan fingerprint density at radius 3 is 2.53 bits per heavy atom. The van der Waals surface area contributed by atoms with Crippen molar-refractivity contribution < 1.29 is 4.74 Å². The van der Waals surface area contributed by atoms with Crippen LogP contribution in [-0.2, 0) is 6.42 Å². The Hall–Kier alpha value is -1.02. The lowest BCUT2D eigenvalue weighted by Crippen LogP contribution is -2.30. The van der Waals surface area contributed by atoms with Gasteiger partial charge < -0.3 is 10.1 Å². The normalized spacial score (nSPS) is 20.3. The largest absolute Gasteiger partial charge is 0.496 e. The summed E-state index contributed by atoms with van der Waals surface area (Å²) >= 11 is 0. The Morgan fingerprint density at radius 2 is 2.00 bits per heavy atom. The van der Waals surface area contributed by atoms with Crippen LogP contribution < -0.4 is 10.1 Å². The molecule has 1 aliphatic rings. The molecule has 1 saturated heterocycles. The molecule has 1 atom stereocenters. The minimum atomic E-state index is 0.802. The lowest BCUT2D eigenvalue weighted by Gasteiger charge is -2.23. The highest BCUT2D eigenvalue weighted by Gasteiger charge is 2.14. The third-order valence-electron chi connectivity index (χ3n) is 3.65. The maximum Gasteiger partial charge on any atom is 0.124 e. The first-order valence-electron chi connectivity index (χ1n) is 6.55. The molecule has 0 spiro atoms. The molecule has 0 bridgehead atoms. The van der Waals surface area contributed by atoms with Crippen molar-refractivity contribution in [2.45, 2.75) is 33.1 Å². The number of hydrogen-bond acceptors (Lipinski definition) is 2. The summed E-state index contributed by atoms with van der Waals surface area (Å²) in [6.07, 6.45) is 3.87. The van der Waals surface area contributed by atoms with Crippen molar-refractivity contribution in [3.63, 3.8) is 0 Å². The van der Waals surface area contributed by atoms with Gasteiger partial charge >= 0.3 is 0 Å². The van der Waals surface area contributed by atoms with E-state index in [1.807, 2.05) is 0 Å². The molecule has 2 nitrogen and oxygen atoms in total. The first kappa shape index (κ1) is 12.4. The van der Waals surface area contributed by atoms with Gasteiger partial charge in [-0.05, 0) is 68.8 Å². The Balaban J connectivity index is 2.10. The van der Waals surface area contributed by atoms with Crippen LogP contribution in [0.3, 0.4) is 0 Å². The van der Waals surface area contributed by atoms with Crippen LogP contribution in [-0.4, -0.2) is 20.2 Å². The van der Waals surface area contributed by atoms with E-state index in [4.69, 9.17) is 4.74 Å². The van der Waals surface area contributed by atoms with Gasteiger partial charge in [-0.2, -0.15) is 0 Å². The fraction of sp³-hybridized carbons (Fsp3) is 0.600. The van der Waals surface area contributed by atoms with E-state index in [0.717, 1.165) is 11.7 Å². The maximum absolute atomic E-state index is 5.41. The fourth-order valence-corrected chi connectivity index (χ4v) is 2.91. The highest BCUT2D eigenvalue weighted by Crippen LogP contribution is 2.26. The summed E-state index contributed by atoms with van der Waals surface area (Å²) in [4.78, 5) is 0. The molecule has 2 heteroatoms. The summed E-state index contributed by atoms with van der Waals surface area (Å²) < 4.78 is 5.41. The fourth-order valence-electron chi connectivity index (χ4n) is 2.91. The van der Waals surface area contributed by atoms with Gasteiger partial charge in [-0.25, -0.2) is 0 Å². The van der Waals surface area contributed by atoms with Gasteiger partial charge in [0.05, 0.1) is 7.11 Å². The number of aryl methyl sites for hydroxylation is 2. The molecular formula is C15H23NO. The molecule has 1 heterocycles. The van der Waals surface area contributed by atoms with Crippen LogP contribution in [0.15, 0.2) is 12.1 Å². The summed E-state index contributed by atoms with van der Waals surface area (Å²) in [6.45, 7) is 6.63. The van der Waals surface area contributed by atoms with E-state index < -0.39 is 0 Å². The lowest BCUT2D eigenvalue weighted by atomic mass is 9.91. The quantitative estimate of drug-likeness (QED) is 0.867. The molecule has 0 amide bonds. The van der Waals surface area contributed by atoms with Gasteiger partial charge in [0, 0.05) is 0 Å². The Bertz CT molecular complexity index is 358. The number of methoxy groups -OCH3 is 1. The molecule has 1 aromatic carbocycles. The van der Waals surface area contributed by atoms with Crippen LogP contribution >= 0.6 is 0 Å². The van der Waals surface area contributed by atoms with E-state index >= 15 is 0 Å². The van der Waals surface area contributed by atoms with Gasteiger partial charge in [-0.15, -0.1) is 0 Å². The summed E-state index contributed by atoms with van der Waals surface area (Å²) in [5.41, 5.74) is 3.96. The van der Waals surface area contributed by atoms with Gasteiger partial charge in [0.2, 0.25) is 0 Å². The third-order valence-corrected chi connectivity index (χ3v) is 3.65. The lowest BCUT2D eigenvalue weighted by molar-refractivity contribution is 0.375. The van der Waals surface area contributed by atoms with Gasteiger partial charge in [0.1, 0.15) is 5.75 Å². The second-order valence-electron chi connectivity index (χ2n) is 5.18. The third kappa shape index (κ3) is 3.01. The van der Waals surface area contributed by atoms with Gasteiger partial charge in [-0.1, -0.05) is 12.1 Å². The molecule has 0 unspecified atom stereocenters. The van der Waals surface area contributed by atoms with E-state index in [9.17, 15) is 0 Å². The second kappa shape index (κ2) is 5.54. The van der Waals surface area contributed by atoms with Crippen LogP contribution in [0.2, 0.25) is 0 Å². The SMILES string of the molecule is COc1c(C)cc(C[C@H]2CCCNC2)cc1C. The number of ether oxygens (including phenoxy) is 1. The number of piperidine rings is 1. The van der Waals surface area contributed by atoms with Gasteiger partial charge in [-0.3, -0.25) is 0 Å². The summed E-state index contributed by atoms with van der Waals surface area (Å²) in [6, 6.07) is 4.56. The Kier molecular flexibility index (Phi) is 4.06. The zero-order valence-corrected chi connectivity index (χ0v) is 11.2. The molecule has 0 aliphatic carbocycles. The van der Waals surface area contributed by atoms with E-state index in [1.165, 1.54) is 49.0 Å². The molecule has 17 heavy (non-hydrogen) atoms. The predicted molar refractivity (Wildman–Crippen MR) is 71.8 cm³/mol. The molecule has 1 aromatic rings. The van der Waals surface area contributed by atoms with Crippen LogP contribution in [0, 0.1) is 19.8 Å². The van der Waals surface area contributed by atoms with Crippen LogP contribution in [0.4, 0.5) is 0 Å². The molecule has 0 radical (unpaired) electrons. The zero-order valence-electron chi connectivity index (χ0n) is 11.2. The van der Waals surface area contributed by atoms with Gasteiger partial charge in [0.25, 0.3) is 0 Å². The predicted octanol–water partition coefficient (Wildman–Crippen LogP) is 2.85. The number of hydrogen-bond donors (Lipinski definition) is 1. The maximum atomic E-state index is 5.41. The van der Waals surface area contributed by atoms with Crippen molar-refractivity contribution in [3.8, 4) is 5.75 Å². The monoisotopic (exact) mass is 233 g/mol. The number of benzene rings is 1. The Morgan fingerprint density at radius 1 is 1.29 bits per heavy atom. The van der Waals surface area contributed by atoms with Crippen LogP contribution in [0.1, 0.15) is 29.5 Å². The van der Waals surface area contributed by atoms with Crippen molar-refractivity contribution in [3.05, 3.63) is 28.8 Å². The molecular weight excluding hydrogens is 210 g/mol. The van der Waals surface area contributed by atoms with E-state index in [0.29, 0.717) is 0 Å². The Labute approximate surface area is 104 Å². The number of nitrogens with one attached hydrogen (secondary N) is 1. The molecule has 1 fully saturated rings. The molecule has 0 aromatic heterocycles. The van der Waals surface area contributed by atoms with Crippen molar-refractivity contribution in [2.75, 3.05) is 20.2 Å². The number of rotatable bonds is 3. The highest BCUT2D eigenvalue weighted by molar-refractivity contribution is 5.43. The zero-order chi connectivity index (χ0) is 12.3. The van der Waals surface area contributed by atoms with Crippen LogP contribution in [0.25, 0.3) is 0 Å². The second-order valence-corrected chi connectivity index (χ2v) is 5.18. The molecule has 1 N–H and O–H groups in total. The van der Waals surface area contributed by atoms with E-state index in [2.05, 4.69) is 31.3 Å². The molecule has 94 valence electrons. The topological polar surface area (TPSA) is 21.3 Å². The van der Waals surface area contributed by atoms with E-state index in [1.54, 1.807) is 7.11 Å². The standard InChI is InChI=1S/C15H23NO/c1-11-7-14(8-12(2)15(11)17-3)9-13-5-4-6-16-10-13/h7-8,13,16H,4-6,9-10H2,1-3H3/t13-/m1/s1. The average Bonchev–Trinajstić information content (AvgIpc) is 2.30. The van der Waals surface area contributed by atoms with Crippen molar-refractivity contribution in [1.29, 1.82) is 0 Å². The smallest absolute Gasteiger partial charge is 0.124 e. The van der Waals surface area contributed by atoms with Crippen molar-refractivity contribution in [1.82, 2.24) is 5.32 Å². The first-order chi connectivity index (χ1) is 8.20. The molecule has 0 saturated carbocycles. The molecule has 1 aliphatic heterocycles.